The lowest BCUT2D eigenvalue weighted by molar-refractivity contribution is -0.137. The van der Waals surface area contributed by atoms with Crippen molar-refractivity contribution in [3.63, 3.8) is 0 Å². The number of carboxylic acid groups (broad SMARTS) is 1. The summed E-state index contributed by atoms with van der Waals surface area (Å²) in [5, 5.41) is 8.72. The third-order valence-electron chi connectivity index (χ3n) is 3.93. The number of aliphatic carboxylic acids is 1. The third-order valence-corrected chi connectivity index (χ3v) is 3.93. The molecule has 0 amide bonds. The third kappa shape index (κ3) is 5.53. The van der Waals surface area contributed by atoms with Crippen LogP contribution in [-0.2, 0) is 4.79 Å². The first kappa shape index (κ1) is 14.5. The van der Waals surface area contributed by atoms with Gasteiger partial charge >= 0.3 is 5.97 Å². The number of carboxylic acids is 1. The molecule has 1 fully saturated rings. The van der Waals surface area contributed by atoms with E-state index in [-0.39, 0.29) is 0 Å². The Hall–Kier alpha value is -0.570. The Morgan fingerprint density at radius 3 is 2.53 bits per heavy atom. The van der Waals surface area contributed by atoms with E-state index in [0.717, 1.165) is 12.3 Å². The van der Waals surface area contributed by atoms with Gasteiger partial charge in [-0.3, -0.25) is 4.79 Å². The minimum atomic E-state index is -0.652. The second-order valence-electron chi connectivity index (χ2n) is 5.41. The maximum absolute atomic E-state index is 10.6. The number of hydrogen-bond acceptors (Lipinski definition) is 2. The zero-order valence-corrected chi connectivity index (χ0v) is 11.3. The van der Waals surface area contributed by atoms with E-state index in [2.05, 4.69) is 18.7 Å². The summed E-state index contributed by atoms with van der Waals surface area (Å²) in [7, 11) is 0. The lowest BCUT2D eigenvalue weighted by Crippen LogP contribution is -2.46. The molecule has 0 bridgehead atoms. The topological polar surface area (TPSA) is 40.5 Å². The molecule has 0 radical (unpaired) electrons. The van der Waals surface area contributed by atoms with Crippen molar-refractivity contribution >= 4 is 5.97 Å². The number of hydrogen-bond donors (Lipinski definition) is 1. The van der Waals surface area contributed by atoms with Crippen molar-refractivity contribution in [1.82, 2.24) is 4.90 Å². The molecule has 1 saturated heterocycles. The van der Waals surface area contributed by atoms with Gasteiger partial charge in [0.1, 0.15) is 0 Å². The summed E-state index contributed by atoms with van der Waals surface area (Å²) in [6.07, 6.45) is 6.02. The summed E-state index contributed by atoms with van der Waals surface area (Å²) < 4.78 is 0. The highest BCUT2D eigenvalue weighted by Crippen LogP contribution is 2.23. The average molecular weight is 241 g/mol. The Morgan fingerprint density at radius 2 is 2.00 bits per heavy atom. The van der Waals surface area contributed by atoms with E-state index in [9.17, 15) is 4.79 Å². The summed E-state index contributed by atoms with van der Waals surface area (Å²) in [5.74, 6) is 0.872. The Kier molecular flexibility index (Phi) is 6.56. The highest BCUT2D eigenvalue weighted by atomic mass is 16.4. The fourth-order valence-corrected chi connectivity index (χ4v) is 2.65. The second kappa shape index (κ2) is 7.70. The molecule has 3 nitrogen and oxygen atoms in total. The minimum absolute atomic E-state index is 0.336. The van der Waals surface area contributed by atoms with E-state index < -0.39 is 5.97 Å². The van der Waals surface area contributed by atoms with Gasteiger partial charge in [-0.15, -0.1) is 0 Å². The van der Waals surface area contributed by atoms with Crippen LogP contribution in [0.3, 0.4) is 0 Å². The highest BCUT2D eigenvalue weighted by molar-refractivity contribution is 5.66. The zero-order valence-electron chi connectivity index (χ0n) is 11.3. The summed E-state index contributed by atoms with van der Waals surface area (Å²) in [6, 6.07) is 0. The first-order valence-corrected chi connectivity index (χ1v) is 7.09. The number of carbonyl (C=O) groups is 1. The van der Waals surface area contributed by atoms with Crippen LogP contribution in [0.15, 0.2) is 0 Å². The van der Waals surface area contributed by atoms with Crippen LogP contribution in [0.2, 0.25) is 0 Å². The van der Waals surface area contributed by atoms with E-state index in [0.29, 0.717) is 12.3 Å². The van der Waals surface area contributed by atoms with Gasteiger partial charge in [-0.2, -0.15) is 0 Å². The van der Waals surface area contributed by atoms with Crippen molar-refractivity contribution in [3.8, 4) is 0 Å². The monoisotopic (exact) mass is 241 g/mol. The molecule has 0 saturated carbocycles. The predicted molar refractivity (Wildman–Crippen MR) is 70.1 cm³/mol. The van der Waals surface area contributed by atoms with Gasteiger partial charge in [0.05, 0.1) is 0 Å². The highest BCUT2D eigenvalue weighted by Gasteiger charge is 2.24. The van der Waals surface area contributed by atoms with Crippen molar-refractivity contribution in [2.75, 3.05) is 19.6 Å². The van der Waals surface area contributed by atoms with Crippen LogP contribution in [0.4, 0.5) is 0 Å². The molecule has 1 atom stereocenters. The van der Waals surface area contributed by atoms with Gasteiger partial charge in [-0.25, -0.2) is 0 Å². The van der Waals surface area contributed by atoms with Crippen LogP contribution >= 0.6 is 0 Å². The quantitative estimate of drug-likeness (QED) is 0.674. The SMILES string of the molecule is CCCC(CCC(=O)O)CCN1CC(CC)C1. The Bertz CT molecular complexity index is 224. The molecule has 1 heterocycles. The lowest BCUT2D eigenvalue weighted by Gasteiger charge is -2.39. The van der Waals surface area contributed by atoms with Crippen LogP contribution in [0.1, 0.15) is 52.4 Å². The van der Waals surface area contributed by atoms with Gasteiger partial charge in [0, 0.05) is 19.5 Å². The Balaban J connectivity index is 2.13. The maximum Gasteiger partial charge on any atom is 0.303 e. The van der Waals surface area contributed by atoms with E-state index in [1.54, 1.807) is 0 Å². The van der Waals surface area contributed by atoms with Crippen molar-refractivity contribution in [2.45, 2.75) is 52.4 Å². The molecule has 1 aliphatic rings. The van der Waals surface area contributed by atoms with Gasteiger partial charge < -0.3 is 10.0 Å². The molecule has 0 aromatic heterocycles. The van der Waals surface area contributed by atoms with E-state index >= 15 is 0 Å². The molecular formula is C14H27NO2. The molecule has 100 valence electrons. The van der Waals surface area contributed by atoms with E-state index in [1.807, 2.05) is 0 Å². The smallest absolute Gasteiger partial charge is 0.303 e. The normalized spacial score (nSPS) is 18.9. The summed E-state index contributed by atoms with van der Waals surface area (Å²) in [6.45, 7) is 8.13. The first-order chi connectivity index (χ1) is 8.15. The molecule has 0 spiro atoms. The van der Waals surface area contributed by atoms with Crippen LogP contribution in [0, 0.1) is 11.8 Å². The summed E-state index contributed by atoms with van der Waals surface area (Å²) >= 11 is 0. The zero-order chi connectivity index (χ0) is 12.7. The standard InChI is InChI=1S/C14H27NO2/c1-3-5-13(6-7-14(16)17)8-9-15-10-12(4-2)11-15/h12-13H,3-11H2,1-2H3,(H,16,17). The van der Waals surface area contributed by atoms with Gasteiger partial charge in [0.25, 0.3) is 0 Å². The predicted octanol–water partition coefficient (Wildman–Crippen LogP) is 3.00. The van der Waals surface area contributed by atoms with Gasteiger partial charge in [-0.05, 0) is 31.2 Å². The fraction of sp³-hybridized carbons (Fsp3) is 0.929. The Labute approximate surface area is 105 Å². The largest absolute Gasteiger partial charge is 0.481 e. The summed E-state index contributed by atoms with van der Waals surface area (Å²) in [4.78, 5) is 13.1. The van der Waals surface area contributed by atoms with Crippen LogP contribution in [0.5, 0.6) is 0 Å². The van der Waals surface area contributed by atoms with E-state index in [1.165, 1.54) is 45.3 Å². The lowest BCUT2D eigenvalue weighted by atomic mass is 9.92. The van der Waals surface area contributed by atoms with Crippen molar-refractivity contribution in [3.05, 3.63) is 0 Å². The molecule has 0 aromatic carbocycles. The fourth-order valence-electron chi connectivity index (χ4n) is 2.65. The van der Waals surface area contributed by atoms with Crippen molar-refractivity contribution in [1.29, 1.82) is 0 Å². The molecule has 1 N–H and O–H groups in total. The Morgan fingerprint density at radius 1 is 1.29 bits per heavy atom. The average Bonchev–Trinajstić information content (AvgIpc) is 2.23. The van der Waals surface area contributed by atoms with Gasteiger partial charge in [0.15, 0.2) is 0 Å². The van der Waals surface area contributed by atoms with E-state index in [4.69, 9.17) is 5.11 Å². The van der Waals surface area contributed by atoms with Gasteiger partial charge in [-0.1, -0.05) is 33.1 Å². The number of rotatable bonds is 9. The number of nitrogens with zero attached hydrogens (tertiary/aromatic N) is 1. The first-order valence-electron chi connectivity index (χ1n) is 7.09. The summed E-state index contributed by atoms with van der Waals surface area (Å²) in [5.41, 5.74) is 0. The number of likely N-dealkylation sites (tertiary alicyclic amines) is 1. The van der Waals surface area contributed by atoms with Crippen LogP contribution < -0.4 is 0 Å². The van der Waals surface area contributed by atoms with Crippen LogP contribution in [-0.4, -0.2) is 35.6 Å². The maximum atomic E-state index is 10.6. The van der Waals surface area contributed by atoms with Crippen molar-refractivity contribution < 1.29 is 9.90 Å². The molecule has 3 heteroatoms. The second-order valence-corrected chi connectivity index (χ2v) is 5.41. The molecule has 1 rings (SSSR count). The van der Waals surface area contributed by atoms with Gasteiger partial charge in [0.2, 0.25) is 0 Å². The van der Waals surface area contributed by atoms with Crippen molar-refractivity contribution in [2.24, 2.45) is 11.8 Å². The molecule has 0 aliphatic carbocycles. The molecule has 1 aliphatic heterocycles. The van der Waals surface area contributed by atoms with Crippen LogP contribution in [0.25, 0.3) is 0 Å². The molecule has 1 unspecified atom stereocenters. The minimum Gasteiger partial charge on any atom is -0.481 e. The molecule has 0 aromatic rings. The molecular weight excluding hydrogens is 214 g/mol. The molecule has 17 heavy (non-hydrogen) atoms.